The van der Waals surface area contributed by atoms with E-state index in [0.29, 0.717) is 19.7 Å². The van der Waals surface area contributed by atoms with Crippen LogP contribution < -0.4 is 0 Å². The monoisotopic (exact) mass is 520 g/mol. The zero-order chi connectivity index (χ0) is 26.5. The van der Waals surface area contributed by atoms with Crippen LogP contribution in [0, 0.1) is 17.8 Å². The van der Waals surface area contributed by atoms with Crippen LogP contribution in [0.15, 0.2) is 25.3 Å². The summed E-state index contributed by atoms with van der Waals surface area (Å²) >= 11 is 1.65. The van der Waals surface area contributed by atoms with Crippen LogP contribution in [0.4, 0.5) is 0 Å². The fourth-order valence-corrected chi connectivity index (χ4v) is 8.79. The van der Waals surface area contributed by atoms with E-state index in [-0.39, 0.29) is 35.6 Å². The lowest BCUT2D eigenvalue weighted by Crippen LogP contribution is -2.59. The number of ether oxygens (including phenoxy) is 1. The van der Waals surface area contributed by atoms with Gasteiger partial charge in [-0.2, -0.15) is 0 Å². The molecule has 7 nitrogen and oxygen atoms in total. The molecule has 0 aromatic carbocycles. The number of amides is 2. The molecule has 0 aromatic heterocycles. The highest BCUT2D eigenvalue weighted by atomic mass is 32.2. The number of hydrogen-bond acceptors (Lipinski definition) is 6. The maximum Gasteiger partial charge on any atom is 0.310 e. The van der Waals surface area contributed by atoms with Crippen LogP contribution in [0.2, 0.25) is 0 Å². The molecule has 3 heterocycles. The van der Waals surface area contributed by atoms with Crippen molar-refractivity contribution in [1.29, 1.82) is 0 Å². The van der Waals surface area contributed by atoms with Gasteiger partial charge in [-0.25, -0.2) is 0 Å². The van der Waals surface area contributed by atoms with Crippen molar-refractivity contribution in [3.05, 3.63) is 25.3 Å². The number of carbonyl (C=O) groups excluding carboxylic acids is 3. The molecule has 3 unspecified atom stereocenters. The van der Waals surface area contributed by atoms with Gasteiger partial charge in [0.2, 0.25) is 11.8 Å². The minimum atomic E-state index is -0.714. The fraction of sp³-hybridized carbons (Fsp3) is 0.750. The molecule has 1 spiro atoms. The second-order valence-electron chi connectivity index (χ2n) is 10.6. The summed E-state index contributed by atoms with van der Waals surface area (Å²) in [5.41, 5.74) is 0. The third-order valence-corrected chi connectivity index (χ3v) is 10.2. The number of esters is 1. The molecule has 202 valence electrons. The van der Waals surface area contributed by atoms with Crippen molar-refractivity contribution in [3.8, 4) is 0 Å². The Morgan fingerprint density at radius 2 is 2.03 bits per heavy atom. The third kappa shape index (κ3) is 5.13. The van der Waals surface area contributed by atoms with Crippen molar-refractivity contribution in [1.82, 2.24) is 9.80 Å². The molecule has 3 saturated heterocycles. The number of aliphatic hydroxyl groups excluding tert-OH is 1. The van der Waals surface area contributed by atoms with Crippen molar-refractivity contribution in [2.24, 2.45) is 17.8 Å². The van der Waals surface area contributed by atoms with Gasteiger partial charge >= 0.3 is 5.97 Å². The first kappa shape index (κ1) is 28.8. The van der Waals surface area contributed by atoms with Crippen LogP contribution in [-0.4, -0.2) is 81.1 Å². The standard InChI is InChI=1S/C28H44N2O5S/c1-6-9-11-13-16-35-27(34)22-21-17-19(4)28(36-21)23(22)25(32)30(20(5)18-31)24(28)26(33)29(14-8-3)15-12-10-7-2/h6,8,19-24,31H,1,3,7,9-18H2,2,4-5H3/t19?,20-,21+,22-,23+,24?,28?/m1/s1. The SMILES string of the molecule is C=CCCCCOC(=O)[C@@H]1[C@@H]2CC(C)C3(S2)C(C(=O)N(CC=C)CCCCC)N([C@H](C)CO)C(=O)[C@H]13. The summed E-state index contributed by atoms with van der Waals surface area (Å²) in [5, 5.41) is 10.0. The molecule has 1 N–H and O–H groups in total. The summed E-state index contributed by atoms with van der Waals surface area (Å²) in [6, 6.07) is -1.23. The normalized spacial score (nSPS) is 31.3. The number of carbonyl (C=O) groups is 3. The molecule has 36 heavy (non-hydrogen) atoms. The number of hydrogen-bond donors (Lipinski definition) is 1. The number of fused-ring (bicyclic) bond motifs is 1. The molecule has 2 bridgehead atoms. The van der Waals surface area contributed by atoms with Gasteiger partial charge in [0.15, 0.2) is 0 Å². The Morgan fingerprint density at radius 1 is 1.28 bits per heavy atom. The van der Waals surface area contributed by atoms with Crippen molar-refractivity contribution < 1.29 is 24.2 Å². The molecule has 8 heteroatoms. The zero-order valence-corrected chi connectivity index (χ0v) is 23.0. The molecule has 3 aliphatic heterocycles. The molecule has 0 aliphatic carbocycles. The van der Waals surface area contributed by atoms with E-state index in [9.17, 15) is 19.5 Å². The fourth-order valence-electron chi connectivity index (χ4n) is 6.40. The first-order valence-corrected chi connectivity index (χ1v) is 14.5. The molecular weight excluding hydrogens is 476 g/mol. The van der Waals surface area contributed by atoms with Gasteiger partial charge in [-0.05, 0) is 44.9 Å². The molecule has 3 rings (SSSR count). The minimum absolute atomic E-state index is 0.0375. The Balaban J connectivity index is 1.93. The Kier molecular flexibility index (Phi) is 10.1. The van der Waals surface area contributed by atoms with Gasteiger partial charge in [0.1, 0.15) is 6.04 Å². The lowest BCUT2D eigenvalue weighted by Gasteiger charge is -2.41. The van der Waals surface area contributed by atoms with Crippen LogP contribution in [-0.2, 0) is 19.1 Å². The van der Waals surface area contributed by atoms with Gasteiger partial charge in [-0.3, -0.25) is 14.4 Å². The van der Waals surface area contributed by atoms with Crippen LogP contribution in [0.3, 0.4) is 0 Å². The minimum Gasteiger partial charge on any atom is -0.465 e. The molecule has 2 amide bonds. The predicted molar refractivity (Wildman–Crippen MR) is 143 cm³/mol. The van der Waals surface area contributed by atoms with Crippen LogP contribution >= 0.6 is 11.8 Å². The maximum atomic E-state index is 14.2. The van der Waals surface area contributed by atoms with E-state index in [0.717, 1.165) is 44.9 Å². The maximum absolute atomic E-state index is 14.2. The Labute approximate surface area is 220 Å². The van der Waals surface area contributed by atoms with E-state index >= 15 is 0 Å². The summed E-state index contributed by atoms with van der Waals surface area (Å²) in [6.07, 6.45) is 9.82. The van der Waals surface area contributed by atoms with Crippen LogP contribution in [0.5, 0.6) is 0 Å². The Bertz CT molecular complexity index is 835. The smallest absolute Gasteiger partial charge is 0.310 e. The largest absolute Gasteiger partial charge is 0.465 e. The van der Waals surface area contributed by atoms with Gasteiger partial charge in [0.05, 0.1) is 35.8 Å². The van der Waals surface area contributed by atoms with Crippen LogP contribution in [0.1, 0.15) is 65.7 Å². The molecule has 0 aromatic rings. The van der Waals surface area contributed by atoms with E-state index in [1.165, 1.54) is 0 Å². The quantitative estimate of drug-likeness (QED) is 0.201. The number of aliphatic hydroxyl groups is 1. The van der Waals surface area contributed by atoms with E-state index in [2.05, 4.69) is 27.0 Å². The summed E-state index contributed by atoms with van der Waals surface area (Å²) in [5.74, 6) is -1.70. The topological polar surface area (TPSA) is 87.2 Å². The van der Waals surface area contributed by atoms with Gasteiger partial charge in [0.25, 0.3) is 0 Å². The Hall–Kier alpha value is -1.80. The molecule has 0 saturated carbocycles. The molecule has 0 radical (unpaired) electrons. The van der Waals surface area contributed by atoms with Gasteiger partial charge in [0, 0.05) is 18.3 Å². The van der Waals surface area contributed by atoms with E-state index in [1.807, 2.05) is 6.08 Å². The number of likely N-dealkylation sites (tertiary alicyclic amines) is 1. The summed E-state index contributed by atoms with van der Waals surface area (Å²) in [7, 11) is 0. The van der Waals surface area contributed by atoms with Crippen molar-refractivity contribution in [2.75, 3.05) is 26.3 Å². The molecule has 3 aliphatic rings. The summed E-state index contributed by atoms with van der Waals surface area (Å²) in [4.78, 5) is 44.9. The van der Waals surface area contributed by atoms with E-state index in [4.69, 9.17) is 4.74 Å². The van der Waals surface area contributed by atoms with Gasteiger partial charge in [-0.1, -0.05) is 38.8 Å². The number of allylic oxidation sites excluding steroid dienone is 1. The Morgan fingerprint density at radius 3 is 2.67 bits per heavy atom. The first-order chi connectivity index (χ1) is 17.3. The third-order valence-electron chi connectivity index (χ3n) is 8.17. The van der Waals surface area contributed by atoms with Gasteiger partial charge in [-0.15, -0.1) is 24.9 Å². The molecular formula is C28H44N2O5S. The number of nitrogens with zero attached hydrogens (tertiary/aromatic N) is 2. The lowest BCUT2D eigenvalue weighted by atomic mass is 9.66. The number of unbranched alkanes of at least 4 members (excludes halogenated alkanes) is 4. The van der Waals surface area contributed by atoms with E-state index < -0.39 is 28.7 Å². The average Bonchev–Trinajstić information content (AvgIpc) is 3.46. The predicted octanol–water partition coefficient (Wildman–Crippen LogP) is 3.81. The number of thioether (sulfide) groups is 1. The van der Waals surface area contributed by atoms with Crippen molar-refractivity contribution in [3.63, 3.8) is 0 Å². The summed E-state index contributed by atoms with van der Waals surface area (Å²) < 4.78 is 4.97. The highest BCUT2D eigenvalue weighted by Crippen LogP contribution is 2.69. The zero-order valence-electron chi connectivity index (χ0n) is 22.2. The molecule has 3 fully saturated rings. The van der Waals surface area contributed by atoms with Crippen molar-refractivity contribution in [2.45, 2.75) is 87.8 Å². The van der Waals surface area contributed by atoms with Crippen LogP contribution in [0.25, 0.3) is 0 Å². The first-order valence-electron chi connectivity index (χ1n) is 13.6. The highest BCUT2D eigenvalue weighted by Gasteiger charge is 2.76. The molecule has 7 atom stereocenters. The second kappa shape index (κ2) is 12.6. The number of rotatable bonds is 15. The second-order valence-corrected chi connectivity index (χ2v) is 12.1. The van der Waals surface area contributed by atoms with Crippen molar-refractivity contribution >= 4 is 29.5 Å². The average molecular weight is 521 g/mol. The lowest BCUT2D eigenvalue weighted by molar-refractivity contribution is -0.155. The highest BCUT2D eigenvalue weighted by molar-refractivity contribution is 8.02. The van der Waals surface area contributed by atoms with Gasteiger partial charge < -0.3 is 19.6 Å². The summed E-state index contributed by atoms with van der Waals surface area (Å²) in [6.45, 7) is 14.7. The van der Waals surface area contributed by atoms with E-state index in [1.54, 1.807) is 34.6 Å².